The number of unbranched alkanes of at least 4 members (excludes halogenated alkanes) is 1. The third kappa shape index (κ3) is 2.15. The number of aromatic nitrogens is 2. The zero-order valence-corrected chi connectivity index (χ0v) is 11.1. The Morgan fingerprint density at radius 1 is 1.30 bits per heavy atom. The summed E-state index contributed by atoms with van der Waals surface area (Å²) in [5, 5.41) is 8.64. The first kappa shape index (κ1) is 13.0. The molecule has 0 bridgehead atoms. The van der Waals surface area contributed by atoms with Crippen LogP contribution in [0.4, 0.5) is 8.78 Å². The largest absolute Gasteiger partial charge is 0.328 e. The Balaban J connectivity index is 2.05. The molecule has 0 saturated heterocycles. The zero-order valence-electron chi connectivity index (χ0n) is 11.1. The lowest BCUT2D eigenvalue weighted by Gasteiger charge is -2.25. The van der Waals surface area contributed by atoms with Crippen molar-refractivity contribution in [3.63, 3.8) is 0 Å². The van der Waals surface area contributed by atoms with Crippen LogP contribution >= 0.6 is 0 Å². The molecule has 0 aliphatic heterocycles. The Bertz CT molecular complexity index is 680. The topological polar surface area (TPSA) is 41.6 Å². The molecule has 3 nitrogen and oxygen atoms in total. The minimum atomic E-state index is -0.862. The highest BCUT2D eigenvalue weighted by molar-refractivity contribution is 5.76. The van der Waals surface area contributed by atoms with Crippen molar-refractivity contribution in [2.45, 2.75) is 44.6 Å². The molecule has 1 fully saturated rings. The van der Waals surface area contributed by atoms with Crippen molar-refractivity contribution in [2.24, 2.45) is 0 Å². The predicted octanol–water partition coefficient (Wildman–Crippen LogP) is 3.89. The number of nitriles is 1. The van der Waals surface area contributed by atoms with Gasteiger partial charge in [-0.25, -0.2) is 13.8 Å². The molecule has 1 saturated carbocycles. The third-order valence-electron chi connectivity index (χ3n) is 3.96. The maximum atomic E-state index is 13.5. The molecule has 0 atom stereocenters. The summed E-state index contributed by atoms with van der Waals surface area (Å²) >= 11 is 0. The Morgan fingerprint density at radius 3 is 2.70 bits per heavy atom. The van der Waals surface area contributed by atoms with Crippen LogP contribution in [0.25, 0.3) is 11.0 Å². The molecule has 0 N–H and O–H groups in total. The van der Waals surface area contributed by atoms with Crippen molar-refractivity contribution in [1.82, 2.24) is 9.55 Å². The van der Waals surface area contributed by atoms with Crippen LogP contribution in [-0.2, 0) is 6.54 Å². The average molecular weight is 275 g/mol. The van der Waals surface area contributed by atoms with Gasteiger partial charge in [0.1, 0.15) is 5.82 Å². The van der Waals surface area contributed by atoms with Gasteiger partial charge in [-0.2, -0.15) is 5.26 Å². The quantitative estimate of drug-likeness (QED) is 0.794. The fourth-order valence-corrected chi connectivity index (χ4v) is 2.67. The molecular weight excluding hydrogens is 260 g/mol. The van der Waals surface area contributed by atoms with Crippen LogP contribution in [0.15, 0.2) is 12.1 Å². The monoisotopic (exact) mass is 275 g/mol. The SMILES string of the molecule is N#CCCCn1c(C2CCC2)nc2cc(F)c(F)cc21. The van der Waals surface area contributed by atoms with Gasteiger partial charge in [0.15, 0.2) is 11.6 Å². The summed E-state index contributed by atoms with van der Waals surface area (Å²) < 4.78 is 28.7. The van der Waals surface area contributed by atoms with E-state index in [1.165, 1.54) is 12.5 Å². The van der Waals surface area contributed by atoms with Crippen LogP contribution in [0.1, 0.15) is 43.8 Å². The summed E-state index contributed by atoms with van der Waals surface area (Å²) in [5.41, 5.74) is 1.13. The molecule has 5 heteroatoms. The van der Waals surface area contributed by atoms with E-state index in [4.69, 9.17) is 5.26 Å². The molecule has 3 rings (SSSR count). The Hall–Kier alpha value is -1.96. The van der Waals surface area contributed by atoms with Crippen LogP contribution in [-0.4, -0.2) is 9.55 Å². The smallest absolute Gasteiger partial charge is 0.161 e. The van der Waals surface area contributed by atoms with Gasteiger partial charge in [0.05, 0.1) is 17.1 Å². The molecule has 0 spiro atoms. The first-order valence-corrected chi connectivity index (χ1v) is 6.93. The normalized spacial score (nSPS) is 15.2. The molecule has 2 aromatic rings. The summed E-state index contributed by atoms with van der Waals surface area (Å²) in [5.74, 6) is -0.414. The molecule has 1 heterocycles. The number of fused-ring (bicyclic) bond motifs is 1. The molecular formula is C15H15F2N3. The van der Waals surface area contributed by atoms with E-state index in [9.17, 15) is 8.78 Å². The molecule has 1 aromatic heterocycles. The lowest BCUT2D eigenvalue weighted by atomic mass is 9.85. The summed E-state index contributed by atoms with van der Waals surface area (Å²) in [4.78, 5) is 4.49. The summed E-state index contributed by atoms with van der Waals surface area (Å²) in [6.07, 6.45) is 4.47. The van der Waals surface area contributed by atoms with Gasteiger partial charge in [0.2, 0.25) is 0 Å². The molecule has 104 valence electrons. The van der Waals surface area contributed by atoms with E-state index < -0.39 is 11.6 Å². The van der Waals surface area contributed by atoms with Crippen molar-refractivity contribution in [1.29, 1.82) is 5.26 Å². The van der Waals surface area contributed by atoms with Crippen LogP contribution in [0, 0.1) is 23.0 Å². The van der Waals surface area contributed by atoms with Gasteiger partial charge in [-0.15, -0.1) is 0 Å². The highest BCUT2D eigenvalue weighted by atomic mass is 19.2. The molecule has 1 aromatic carbocycles. The maximum Gasteiger partial charge on any atom is 0.161 e. The molecule has 0 unspecified atom stereocenters. The minimum Gasteiger partial charge on any atom is -0.328 e. The van der Waals surface area contributed by atoms with Crippen molar-refractivity contribution in [2.75, 3.05) is 0 Å². The minimum absolute atomic E-state index is 0.385. The second kappa shape index (κ2) is 5.20. The number of halogens is 2. The van der Waals surface area contributed by atoms with Gasteiger partial charge >= 0.3 is 0 Å². The van der Waals surface area contributed by atoms with Crippen LogP contribution < -0.4 is 0 Å². The van der Waals surface area contributed by atoms with E-state index >= 15 is 0 Å². The van der Waals surface area contributed by atoms with E-state index in [0.717, 1.165) is 24.7 Å². The number of hydrogen-bond acceptors (Lipinski definition) is 2. The summed E-state index contributed by atoms with van der Waals surface area (Å²) in [7, 11) is 0. The first-order chi connectivity index (χ1) is 9.70. The number of nitrogens with zero attached hydrogens (tertiary/aromatic N) is 3. The Labute approximate surface area is 115 Å². The molecule has 0 amide bonds. The number of benzene rings is 1. The zero-order chi connectivity index (χ0) is 14.1. The van der Waals surface area contributed by atoms with E-state index in [1.54, 1.807) is 0 Å². The molecule has 1 aliphatic carbocycles. The van der Waals surface area contributed by atoms with Gasteiger partial charge in [-0.3, -0.25) is 0 Å². The van der Waals surface area contributed by atoms with E-state index in [-0.39, 0.29) is 0 Å². The van der Waals surface area contributed by atoms with Crippen LogP contribution in [0.2, 0.25) is 0 Å². The van der Waals surface area contributed by atoms with E-state index in [2.05, 4.69) is 11.1 Å². The molecule has 20 heavy (non-hydrogen) atoms. The van der Waals surface area contributed by atoms with Gasteiger partial charge < -0.3 is 4.57 Å². The standard InChI is InChI=1S/C15H15F2N3/c16-11-8-13-14(9-12(11)17)20(7-2-1-6-18)15(19-13)10-4-3-5-10/h8-10H,1-5,7H2. The lowest BCUT2D eigenvalue weighted by molar-refractivity contribution is 0.387. The summed E-state index contributed by atoms with van der Waals surface area (Å²) in [6, 6.07) is 4.48. The number of hydrogen-bond donors (Lipinski definition) is 0. The first-order valence-electron chi connectivity index (χ1n) is 6.93. The second-order valence-corrected chi connectivity index (χ2v) is 5.27. The second-order valence-electron chi connectivity index (χ2n) is 5.27. The van der Waals surface area contributed by atoms with Crippen molar-refractivity contribution in [3.8, 4) is 6.07 Å². The van der Waals surface area contributed by atoms with Gasteiger partial charge in [-0.05, 0) is 19.3 Å². The third-order valence-corrected chi connectivity index (χ3v) is 3.96. The van der Waals surface area contributed by atoms with Gasteiger partial charge in [0, 0.05) is 31.0 Å². The number of rotatable bonds is 4. The molecule has 1 aliphatic rings. The van der Waals surface area contributed by atoms with E-state index in [0.29, 0.717) is 36.3 Å². The van der Waals surface area contributed by atoms with Crippen LogP contribution in [0.5, 0.6) is 0 Å². The number of imidazole rings is 1. The van der Waals surface area contributed by atoms with Crippen molar-refractivity contribution >= 4 is 11.0 Å². The Kier molecular flexibility index (Phi) is 3.39. The fraction of sp³-hybridized carbons (Fsp3) is 0.467. The van der Waals surface area contributed by atoms with Crippen molar-refractivity contribution < 1.29 is 8.78 Å². The lowest BCUT2D eigenvalue weighted by Crippen LogP contribution is -2.15. The fourth-order valence-electron chi connectivity index (χ4n) is 2.67. The average Bonchev–Trinajstić information content (AvgIpc) is 2.67. The highest BCUT2D eigenvalue weighted by Crippen LogP contribution is 2.37. The molecule has 0 radical (unpaired) electrons. The van der Waals surface area contributed by atoms with Crippen molar-refractivity contribution in [3.05, 3.63) is 29.6 Å². The maximum absolute atomic E-state index is 13.5. The van der Waals surface area contributed by atoms with Crippen LogP contribution in [0.3, 0.4) is 0 Å². The number of aryl methyl sites for hydroxylation is 1. The van der Waals surface area contributed by atoms with Gasteiger partial charge in [0.25, 0.3) is 0 Å². The predicted molar refractivity (Wildman–Crippen MR) is 71.1 cm³/mol. The van der Waals surface area contributed by atoms with E-state index in [1.807, 2.05) is 4.57 Å². The van der Waals surface area contributed by atoms with Gasteiger partial charge in [-0.1, -0.05) is 6.42 Å². The Morgan fingerprint density at radius 2 is 2.05 bits per heavy atom. The summed E-state index contributed by atoms with van der Waals surface area (Å²) in [6.45, 7) is 0.626. The highest BCUT2D eigenvalue weighted by Gasteiger charge is 2.26.